The number of Topliss-reactive ketones (excluding diaryl/α,β-unsaturated/α-hetero) is 1. The number of carbonyl (C=O) groups excluding carboxylic acids is 3. The molecule has 0 saturated heterocycles. The summed E-state index contributed by atoms with van der Waals surface area (Å²) in [6.45, 7) is -0.337. The van der Waals surface area contributed by atoms with Crippen LogP contribution < -0.4 is 5.32 Å². The van der Waals surface area contributed by atoms with Gasteiger partial charge >= 0.3 is 5.97 Å². The van der Waals surface area contributed by atoms with Crippen LogP contribution in [0.25, 0.3) is 0 Å². The van der Waals surface area contributed by atoms with Crippen LogP contribution >= 0.6 is 11.3 Å². The minimum absolute atomic E-state index is 0.207. The van der Waals surface area contributed by atoms with Crippen molar-refractivity contribution in [1.82, 2.24) is 4.98 Å². The van der Waals surface area contributed by atoms with E-state index >= 15 is 0 Å². The van der Waals surface area contributed by atoms with Gasteiger partial charge in [-0.25, -0.2) is 4.79 Å². The van der Waals surface area contributed by atoms with Gasteiger partial charge in [-0.15, -0.1) is 11.3 Å². The molecule has 0 fully saturated rings. The van der Waals surface area contributed by atoms with Crippen molar-refractivity contribution in [1.29, 1.82) is 0 Å². The molecule has 1 aromatic carbocycles. The average Bonchev–Trinajstić information content (AvgIpc) is 3.33. The molecule has 2 aromatic heterocycles. The monoisotopic (exact) mass is 354 g/mol. The van der Waals surface area contributed by atoms with E-state index in [0.29, 0.717) is 21.8 Å². The Balaban J connectivity index is 1.55. The standard InChI is InChI=1S/C18H14N2O4S/c21-15(14-3-1-9-19-14)11-24-18(23)12-5-7-13(8-6-12)20-17(22)16-4-2-10-25-16/h1-10,19H,11H2,(H,20,22). The first-order valence-electron chi connectivity index (χ1n) is 7.42. The first-order chi connectivity index (χ1) is 12.1. The average molecular weight is 354 g/mol. The quantitative estimate of drug-likeness (QED) is 0.525. The fraction of sp³-hybridized carbons (Fsp3) is 0.0556. The fourth-order valence-corrected chi connectivity index (χ4v) is 2.71. The van der Waals surface area contributed by atoms with Crippen molar-refractivity contribution < 1.29 is 19.1 Å². The summed E-state index contributed by atoms with van der Waals surface area (Å²) in [5, 5.41) is 4.56. The molecule has 0 spiro atoms. The summed E-state index contributed by atoms with van der Waals surface area (Å²) >= 11 is 1.35. The van der Waals surface area contributed by atoms with Gasteiger partial charge in [0, 0.05) is 11.9 Å². The zero-order valence-electron chi connectivity index (χ0n) is 13.0. The Morgan fingerprint density at radius 1 is 1.04 bits per heavy atom. The van der Waals surface area contributed by atoms with Crippen molar-refractivity contribution in [2.75, 3.05) is 11.9 Å². The lowest BCUT2D eigenvalue weighted by atomic mass is 10.2. The van der Waals surface area contributed by atoms with Crippen molar-refractivity contribution in [3.05, 3.63) is 76.2 Å². The highest BCUT2D eigenvalue weighted by atomic mass is 32.1. The fourth-order valence-electron chi connectivity index (χ4n) is 2.09. The van der Waals surface area contributed by atoms with Crippen LogP contribution in [0.1, 0.15) is 30.5 Å². The highest BCUT2D eigenvalue weighted by molar-refractivity contribution is 7.12. The Kier molecular flexibility index (Phi) is 5.06. The van der Waals surface area contributed by atoms with Crippen molar-refractivity contribution in [2.24, 2.45) is 0 Å². The number of anilines is 1. The lowest BCUT2D eigenvalue weighted by molar-refractivity contribution is 0.0473. The third kappa shape index (κ3) is 4.21. The number of thiophene rings is 1. The Morgan fingerprint density at radius 2 is 1.84 bits per heavy atom. The molecule has 25 heavy (non-hydrogen) atoms. The minimum Gasteiger partial charge on any atom is -0.454 e. The molecule has 126 valence electrons. The summed E-state index contributed by atoms with van der Waals surface area (Å²) in [4.78, 5) is 39.1. The van der Waals surface area contributed by atoms with E-state index in [1.54, 1.807) is 42.6 Å². The molecule has 0 saturated carbocycles. The summed E-state index contributed by atoms with van der Waals surface area (Å²) in [5.74, 6) is -1.11. The van der Waals surface area contributed by atoms with Crippen LogP contribution in [-0.2, 0) is 4.74 Å². The van der Waals surface area contributed by atoms with Crippen molar-refractivity contribution in [3.8, 4) is 0 Å². The van der Waals surface area contributed by atoms with E-state index in [4.69, 9.17) is 4.74 Å². The van der Waals surface area contributed by atoms with Gasteiger partial charge in [0.2, 0.25) is 5.78 Å². The summed E-state index contributed by atoms with van der Waals surface area (Å²) in [5.41, 5.74) is 1.25. The van der Waals surface area contributed by atoms with Gasteiger partial charge in [-0.1, -0.05) is 6.07 Å². The molecular weight excluding hydrogens is 340 g/mol. The number of ether oxygens (including phenoxy) is 1. The van der Waals surface area contributed by atoms with E-state index in [1.807, 2.05) is 5.38 Å². The van der Waals surface area contributed by atoms with Crippen LogP contribution in [0, 0.1) is 0 Å². The van der Waals surface area contributed by atoms with Gasteiger partial charge in [-0.05, 0) is 47.8 Å². The molecule has 0 aliphatic carbocycles. The van der Waals surface area contributed by atoms with Crippen LogP contribution in [0.2, 0.25) is 0 Å². The maximum Gasteiger partial charge on any atom is 0.338 e. The van der Waals surface area contributed by atoms with Crippen LogP contribution in [0.15, 0.2) is 60.1 Å². The van der Waals surface area contributed by atoms with Crippen LogP contribution in [-0.4, -0.2) is 29.3 Å². The second-order valence-corrected chi connectivity index (χ2v) is 6.04. The number of nitrogens with one attached hydrogen (secondary N) is 2. The van der Waals surface area contributed by atoms with E-state index in [1.165, 1.54) is 23.5 Å². The number of rotatable bonds is 6. The number of hydrogen-bond donors (Lipinski definition) is 2. The Morgan fingerprint density at radius 3 is 2.48 bits per heavy atom. The second-order valence-electron chi connectivity index (χ2n) is 5.09. The first-order valence-corrected chi connectivity index (χ1v) is 8.30. The largest absolute Gasteiger partial charge is 0.454 e. The Bertz CT molecular complexity index is 868. The van der Waals surface area contributed by atoms with Gasteiger partial charge < -0.3 is 15.0 Å². The number of amides is 1. The molecule has 1 amide bonds. The molecule has 0 unspecified atom stereocenters. The smallest absolute Gasteiger partial charge is 0.338 e. The third-order valence-electron chi connectivity index (χ3n) is 3.36. The predicted molar refractivity (Wildman–Crippen MR) is 94.1 cm³/mol. The second kappa shape index (κ2) is 7.59. The van der Waals surface area contributed by atoms with Gasteiger partial charge in [0.15, 0.2) is 6.61 Å². The van der Waals surface area contributed by atoms with Crippen molar-refractivity contribution >= 4 is 34.7 Å². The molecule has 2 heterocycles. The molecule has 3 rings (SSSR count). The number of hydrogen-bond acceptors (Lipinski definition) is 5. The molecule has 0 bridgehead atoms. The summed E-state index contributed by atoms with van der Waals surface area (Å²) in [7, 11) is 0. The van der Waals surface area contributed by atoms with E-state index in [-0.39, 0.29) is 18.3 Å². The van der Waals surface area contributed by atoms with E-state index in [2.05, 4.69) is 10.3 Å². The number of aromatic nitrogens is 1. The Labute approximate surface area is 147 Å². The highest BCUT2D eigenvalue weighted by Crippen LogP contribution is 2.14. The summed E-state index contributed by atoms with van der Waals surface area (Å²) < 4.78 is 5.00. The lowest BCUT2D eigenvalue weighted by Crippen LogP contribution is -2.15. The molecule has 0 atom stereocenters. The SMILES string of the molecule is O=C(OCC(=O)c1ccc[nH]1)c1ccc(NC(=O)c2cccs2)cc1. The van der Waals surface area contributed by atoms with Gasteiger partial charge in [0.1, 0.15) is 0 Å². The van der Waals surface area contributed by atoms with Crippen LogP contribution in [0.3, 0.4) is 0 Å². The number of esters is 1. The van der Waals surface area contributed by atoms with Gasteiger partial charge in [0.05, 0.1) is 16.1 Å². The maximum atomic E-state index is 12.0. The predicted octanol–water partition coefficient (Wildman–Crippen LogP) is 3.37. The molecule has 7 heteroatoms. The molecule has 0 aliphatic heterocycles. The number of aromatic amines is 1. The zero-order valence-corrected chi connectivity index (χ0v) is 13.8. The van der Waals surface area contributed by atoms with Gasteiger partial charge in [-0.3, -0.25) is 9.59 Å². The summed E-state index contributed by atoms with van der Waals surface area (Å²) in [6, 6.07) is 13.1. The molecule has 0 aliphatic rings. The third-order valence-corrected chi connectivity index (χ3v) is 4.22. The number of benzene rings is 1. The minimum atomic E-state index is -0.601. The number of carbonyl (C=O) groups is 3. The zero-order chi connectivity index (χ0) is 17.6. The number of H-pyrrole nitrogens is 1. The van der Waals surface area contributed by atoms with Crippen LogP contribution in [0.5, 0.6) is 0 Å². The number of ketones is 1. The molecule has 2 N–H and O–H groups in total. The molecule has 0 radical (unpaired) electrons. The maximum absolute atomic E-state index is 12.0. The first kappa shape index (κ1) is 16.7. The van der Waals surface area contributed by atoms with Crippen LogP contribution in [0.4, 0.5) is 5.69 Å². The highest BCUT2D eigenvalue weighted by Gasteiger charge is 2.13. The van der Waals surface area contributed by atoms with E-state index in [0.717, 1.165) is 0 Å². The van der Waals surface area contributed by atoms with E-state index < -0.39 is 5.97 Å². The topological polar surface area (TPSA) is 88.3 Å². The molecule has 6 nitrogen and oxygen atoms in total. The summed E-state index contributed by atoms with van der Waals surface area (Å²) in [6.07, 6.45) is 1.62. The molecular formula is C18H14N2O4S. The normalized spacial score (nSPS) is 10.2. The van der Waals surface area contributed by atoms with Crippen molar-refractivity contribution in [3.63, 3.8) is 0 Å². The molecule has 3 aromatic rings. The van der Waals surface area contributed by atoms with Crippen molar-refractivity contribution in [2.45, 2.75) is 0 Å². The van der Waals surface area contributed by atoms with E-state index in [9.17, 15) is 14.4 Å². The lowest BCUT2D eigenvalue weighted by Gasteiger charge is -2.06. The van der Waals surface area contributed by atoms with Gasteiger partial charge in [-0.2, -0.15) is 0 Å². The Hall–Kier alpha value is -3.19. The van der Waals surface area contributed by atoms with Gasteiger partial charge in [0.25, 0.3) is 5.91 Å².